The maximum Gasteiger partial charge on any atom is 0.242 e. The molecule has 1 unspecified atom stereocenters. The van der Waals surface area contributed by atoms with Gasteiger partial charge in [-0.05, 0) is 63.1 Å². The predicted molar refractivity (Wildman–Crippen MR) is 129 cm³/mol. The molecule has 0 spiro atoms. The number of amides is 2. The molecule has 2 amide bonds. The standard InChI is InChI=1S/C24H31ClN2O3S/c1-17(23(29)26-24(2,3)4)27(14-18-6-10-20(25)11-7-18)22(28)16-31-15-19-8-12-21(30-5)13-9-19/h6-13,17H,14-16H2,1-5H3,(H,26,29). The number of benzene rings is 2. The monoisotopic (exact) mass is 462 g/mol. The lowest BCUT2D eigenvalue weighted by Crippen LogP contribution is -2.52. The lowest BCUT2D eigenvalue weighted by molar-refractivity contribution is -0.139. The van der Waals surface area contributed by atoms with Crippen molar-refractivity contribution in [3.8, 4) is 5.75 Å². The normalized spacial score (nSPS) is 12.2. The molecule has 0 aliphatic rings. The molecule has 7 heteroatoms. The molecule has 2 aromatic rings. The second-order valence-electron chi connectivity index (χ2n) is 8.40. The molecule has 168 valence electrons. The number of thioether (sulfide) groups is 1. The van der Waals surface area contributed by atoms with E-state index in [1.54, 1.807) is 31.1 Å². The second-order valence-corrected chi connectivity index (χ2v) is 9.83. The van der Waals surface area contributed by atoms with Gasteiger partial charge in [0.05, 0.1) is 12.9 Å². The van der Waals surface area contributed by atoms with Gasteiger partial charge in [0, 0.05) is 22.9 Å². The summed E-state index contributed by atoms with van der Waals surface area (Å²) >= 11 is 7.51. The molecule has 5 nitrogen and oxygen atoms in total. The fourth-order valence-electron chi connectivity index (χ4n) is 2.90. The third-order valence-electron chi connectivity index (χ3n) is 4.58. The minimum atomic E-state index is -0.594. The van der Waals surface area contributed by atoms with Gasteiger partial charge in [-0.25, -0.2) is 0 Å². The van der Waals surface area contributed by atoms with Gasteiger partial charge in [0.1, 0.15) is 11.8 Å². The zero-order valence-corrected chi connectivity index (χ0v) is 20.3. The van der Waals surface area contributed by atoms with Gasteiger partial charge in [-0.2, -0.15) is 0 Å². The smallest absolute Gasteiger partial charge is 0.242 e. The molecule has 31 heavy (non-hydrogen) atoms. The van der Waals surface area contributed by atoms with Crippen LogP contribution < -0.4 is 10.1 Å². The first-order chi connectivity index (χ1) is 14.6. The topological polar surface area (TPSA) is 58.6 Å². The third-order valence-corrected chi connectivity index (χ3v) is 5.83. The fourth-order valence-corrected chi connectivity index (χ4v) is 3.90. The van der Waals surface area contributed by atoms with Crippen molar-refractivity contribution in [3.05, 3.63) is 64.7 Å². The van der Waals surface area contributed by atoms with Crippen LogP contribution in [0.5, 0.6) is 5.75 Å². The van der Waals surface area contributed by atoms with Gasteiger partial charge < -0.3 is 15.0 Å². The van der Waals surface area contributed by atoms with Crippen LogP contribution in [0, 0.1) is 0 Å². The van der Waals surface area contributed by atoms with Crippen LogP contribution in [0.2, 0.25) is 5.02 Å². The summed E-state index contributed by atoms with van der Waals surface area (Å²) in [5.74, 6) is 1.54. The highest BCUT2D eigenvalue weighted by atomic mass is 35.5. The van der Waals surface area contributed by atoms with E-state index in [2.05, 4.69) is 5.32 Å². The highest BCUT2D eigenvalue weighted by Gasteiger charge is 2.28. The molecule has 0 heterocycles. The van der Waals surface area contributed by atoms with Crippen LogP contribution in [0.25, 0.3) is 0 Å². The molecule has 0 fully saturated rings. The SMILES string of the molecule is COc1ccc(CSCC(=O)N(Cc2ccc(Cl)cc2)C(C)C(=O)NC(C)(C)C)cc1. The first-order valence-electron chi connectivity index (χ1n) is 10.2. The Morgan fingerprint density at radius 1 is 1.06 bits per heavy atom. The molecule has 0 aliphatic heterocycles. The Morgan fingerprint density at radius 3 is 2.19 bits per heavy atom. The molecule has 0 aliphatic carbocycles. The summed E-state index contributed by atoms with van der Waals surface area (Å²) in [4.78, 5) is 27.5. The van der Waals surface area contributed by atoms with Gasteiger partial charge in [0.2, 0.25) is 11.8 Å². The molecule has 2 aromatic carbocycles. The number of carbonyl (C=O) groups is 2. The first-order valence-corrected chi connectivity index (χ1v) is 11.7. The number of methoxy groups -OCH3 is 1. The summed E-state index contributed by atoms with van der Waals surface area (Å²) in [5.41, 5.74) is 1.67. The van der Waals surface area contributed by atoms with Gasteiger partial charge in [0.25, 0.3) is 0 Å². The number of carbonyl (C=O) groups excluding carboxylic acids is 2. The number of hydrogen-bond acceptors (Lipinski definition) is 4. The van der Waals surface area contributed by atoms with Crippen molar-refractivity contribution < 1.29 is 14.3 Å². The zero-order valence-electron chi connectivity index (χ0n) is 18.8. The predicted octanol–water partition coefficient (Wildman–Crippen LogP) is 4.91. The molecular formula is C24H31ClN2O3S. The van der Waals surface area contributed by atoms with Crippen LogP contribution in [0.3, 0.4) is 0 Å². The van der Waals surface area contributed by atoms with Crippen molar-refractivity contribution in [1.82, 2.24) is 10.2 Å². The number of nitrogens with zero attached hydrogens (tertiary/aromatic N) is 1. The molecule has 0 aromatic heterocycles. The Labute approximate surface area is 194 Å². The van der Waals surface area contributed by atoms with Crippen molar-refractivity contribution in [2.45, 2.75) is 51.6 Å². The van der Waals surface area contributed by atoms with Crippen LogP contribution >= 0.6 is 23.4 Å². The van der Waals surface area contributed by atoms with Crippen LogP contribution in [0.15, 0.2) is 48.5 Å². The Kier molecular flexibility index (Phi) is 9.26. The van der Waals surface area contributed by atoms with E-state index in [4.69, 9.17) is 16.3 Å². The van der Waals surface area contributed by atoms with E-state index < -0.39 is 6.04 Å². The van der Waals surface area contributed by atoms with Crippen molar-refractivity contribution in [3.63, 3.8) is 0 Å². The van der Waals surface area contributed by atoms with E-state index in [-0.39, 0.29) is 23.1 Å². The third kappa shape index (κ3) is 8.46. The van der Waals surface area contributed by atoms with E-state index in [0.29, 0.717) is 17.3 Å². The Balaban J connectivity index is 2.06. The molecule has 0 saturated heterocycles. The number of halogens is 1. The average molecular weight is 463 g/mol. The number of ether oxygens (including phenoxy) is 1. The molecule has 0 saturated carbocycles. The van der Waals surface area contributed by atoms with E-state index in [1.807, 2.05) is 57.2 Å². The van der Waals surface area contributed by atoms with Gasteiger partial charge >= 0.3 is 0 Å². The van der Waals surface area contributed by atoms with Gasteiger partial charge in [-0.3, -0.25) is 9.59 Å². The van der Waals surface area contributed by atoms with Crippen LogP contribution in [0.4, 0.5) is 0 Å². The Hall–Kier alpha value is -2.18. The number of hydrogen-bond donors (Lipinski definition) is 1. The van der Waals surface area contributed by atoms with Gasteiger partial charge in [-0.1, -0.05) is 35.9 Å². The molecule has 0 radical (unpaired) electrons. The fraction of sp³-hybridized carbons (Fsp3) is 0.417. The van der Waals surface area contributed by atoms with Crippen LogP contribution in [-0.2, 0) is 21.9 Å². The van der Waals surface area contributed by atoms with E-state index in [9.17, 15) is 9.59 Å². The van der Waals surface area contributed by atoms with E-state index in [0.717, 1.165) is 16.9 Å². The summed E-state index contributed by atoms with van der Waals surface area (Å²) in [6.45, 7) is 7.88. The maximum atomic E-state index is 13.1. The van der Waals surface area contributed by atoms with Crippen molar-refractivity contribution in [2.75, 3.05) is 12.9 Å². The maximum absolute atomic E-state index is 13.1. The van der Waals surface area contributed by atoms with Crippen molar-refractivity contribution in [1.29, 1.82) is 0 Å². The summed E-state index contributed by atoms with van der Waals surface area (Å²) in [6, 6.07) is 14.5. The van der Waals surface area contributed by atoms with E-state index >= 15 is 0 Å². The van der Waals surface area contributed by atoms with Gasteiger partial charge in [0.15, 0.2) is 0 Å². The Morgan fingerprint density at radius 2 is 1.65 bits per heavy atom. The lowest BCUT2D eigenvalue weighted by Gasteiger charge is -2.31. The highest BCUT2D eigenvalue weighted by molar-refractivity contribution is 7.99. The highest BCUT2D eigenvalue weighted by Crippen LogP contribution is 2.19. The zero-order chi connectivity index (χ0) is 23.0. The summed E-state index contributed by atoms with van der Waals surface area (Å²) < 4.78 is 5.18. The Bertz CT molecular complexity index is 864. The molecule has 1 N–H and O–H groups in total. The van der Waals surface area contributed by atoms with Crippen molar-refractivity contribution in [2.24, 2.45) is 0 Å². The summed E-state index contributed by atoms with van der Waals surface area (Å²) in [7, 11) is 1.63. The number of rotatable bonds is 9. The number of nitrogens with one attached hydrogen (secondary N) is 1. The van der Waals surface area contributed by atoms with Gasteiger partial charge in [-0.15, -0.1) is 11.8 Å². The second kappa shape index (κ2) is 11.4. The molecular weight excluding hydrogens is 432 g/mol. The molecule has 0 bridgehead atoms. The molecule has 1 atom stereocenters. The summed E-state index contributed by atoms with van der Waals surface area (Å²) in [5, 5.41) is 3.60. The van der Waals surface area contributed by atoms with E-state index in [1.165, 1.54) is 11.8 Å². The largest absolute Gasteiger partial charge is 0.497 e. The summed E-state index contributed by atoms with van der Waals surface area (Å²) in [6.07, 6.45) is 0. The minimum absolute atomic E-state index is 0.0787. The first kappa shape index (κ1) is 25.1. The quantitative estimate of drug-likeness (QED) is 0.575. The minimum Gasteiger partial charge on any atom is -0.497 e. The van der Waals surface area contributed by atoms with Crippen molar-refractivity contribution >= 4 is 35.2 Å². The van der Waals surface area contributed by atoms with Crippen LogP contribution in [-0.4, -0.2) is 41.2 Å². The molecule has 2 rings (SSSR count). The van der Waals surface area contributed by atoms with Crippen LogP contribution in [0.1, 0.15) is 38.8 Å². The average Bonchev–Trinajstić information content (AvgIpc) is 2.72. The lowest BCUT2D eigenvalue weighted by atomic mass is 10.1.